The maximum Gasteiger partial charge on any atom is 0.308 e. The van der Waals surface area contributed by atoms with E-state index in [-0.39, 0.29) is 10.8 Å². The van der Waals surface area contributed by atoms with Gasteiger partial charge in [-0.15, -0.1) is 0 Å². The van der Waals surface area contributed by atoms with Crippen molar-refractivity contribution in [2.24, 2.45) is 0 Å². The molecule has 0 fully saturated rings. The number of halogens is 2. The summed E-state index contributed by atoms with van der Waals surface area (Å²) in [5.74, 6) is -0.444. The summed E-state index contributed by atoms with van der Waals surface area (Å²) in [4.78, 5) is 9.89. The Morgan fingerprint density at radius 2 is 2.08 bits per heavy atom. The zero-order chi connectivity index (χ0) is 10.9. The van der Waals surface area contributed by atoms with E-state index in [1.807, 2.05) is 0 Å². The summed E-state index contributed by atoms with van der Waals surface area (Å²) >= 11 is 10.3. The van der Waals surface area contributed by atoms with Gasteiger partial charge in [0.15, 0.2) is 10.8 Å². The van der Waals surface area contributed by atoms with Crippen LogP contribution in [0.3, 0.4) is 0 Å². The summed E-state index contributed by atoms with van der Waals surface area (Å²) < 4.78 is 8.75. The molecule has 0 saturated heterocycles. The Labute approximate surface area is 87.9 Å². The number of carbonyl (C=O) groups is 1. The summed E-state index contributed by atoms with van der Waals surface area (Å²) in [5.41, 5.74) is -0.248. The smallest absolute Gasteiger partial charge is 0.308 e. The molecule has 5 heteroatoms. The van der Waals surface area contributed by atoms with E-state index < -0.39 is 5.97 Å². The van der Waals surface area contributed by atoms with Crippen LogP contribution in [0.1, 0.15) is 13.8 Å². The maximum absolute atomic E-state index is 9.89. The Morgan fingerprint density at radius 3 is 2.08 bits per heavy atom. The molecule has 0 rings (SSSR count). The van der Waals surface area contributed by atoms with Crippen LogP contribution < -0.4 is 0 Å². The lowest BCUT2D eigenvalue weighted by Crippen LogP contribution is -1.91. The fraction of sp³-hybridized carbons (Fsp3) is 0.375. The van der Waals surface area contributed by atoms with Gasteiger partial charge in [-0.05, 0) is 25.1 Å². The van der Waals surface area contributed by atoms with E-state index in [1.165, 1.54) is 13.2 Å². The van der Waals surface area contributed by atoms with Gasteiger partial charge < -0.3 is 9.47 Å². The van der Waals surface area contributed by atoms with Crippen molar-refractivity contribution in [3.63, 3.8) is 0 Å². The Hall–Kier alpha value is -0.670. The predicted molar refractivity (Wildman–Crippen MR) is 53.4 cm³/mol. The predicted octanol–water partition coefficient (Wildman–Crippen LogP) is 2.99. The molecule has 1 unspecified atom stereocenters. The van der Waals surface area contributed by atoms with Crippen molar-refractivity contribution in [3.05, 3.63) is 24.6 Å². The molecule has 0 aliphatic carbocycles. The van der Waals surface area contributed by atoms with Crippen molar-refractivity contribution < 1.29 is 14.3 Å². The minimum absolute atomic E-state index is 0.0903. The number of esters is 1. The van der Waals surface area contributed by atoms with Crippen LogP contribution in [-0.2, 0) is 14.3 Å². The van der Waals surface area contributed by atoms with Crippen molar-refractivity contribution in [1.29, 1.82) is 0 Å². The molecule has 1 atom stereocenters. The molecule has 0 radical (unpaired) electrons. The van der Waals surface area contributed by atoms with Gasteiger partial charge in [0.1, 0.15) is 0 Å². The molecule has 3 nitrogen and oxygen atoms in total. The van der Waals surface area contributed by atoms with Gasteiger partial charge >= 0.3 is 5.97 Å². The van der Waals surface area contributed by atoms with E-state index in [0.717, 1.165) is 0 Å². The van der Waals surface area contributed by atoms with Crippen LogP contribution in [0.4, 0.5) is 0 Å². The zero-order valence-corrected chi connectivity index (χ0v) is 9.06. The minimum atomic E-state index is -0.444. The Bertz CT molecular complexity index is 166. The monoisotopic (exact) mass is 226 g/mol. The number of ether oxygens (including phenoxy) is 2. The van der Waals surface area contributed by atoms with Gasteiger partial charge in [-0.2, -0.15) is 0 Å². The van der Waals surface area contributed by atoms with Gasteiger partial charge in [0, 0.05) is 6.92 Å². The van der Waals surface area contributed by atoms with Crippen molar-refractivity contribution in [2.45, 2.75) is 19.4 Å². The lowest BCUT2D eigenvalue weighted by Gasteiger charge is -1.96. The second-order valence-corrected chi connectivity index (χ2v) is 2.83. The highest BCUT2D eigenvalue weighted by Gasteiger charge is 1.90. The normalized spacial score (nSPS) is 10.2. The average molecular weight is 227 g/mol. The van der Waals surface area contributed by atoms with Crippen LogP contribution in [0.5, 0.6) is 0 Å². The molecule has 0 saturated carbocycles. The standard InChI is InChI=1S/C4H5ClO2.C4H7ClO/c1-3(5)7-4(2)6;1-3-6-4(2)5/h1H2,2H3;3-4H,1H2,2H3. The molecule has 0 aromatic heterocycles. The largest absolute Gasteiger partial charge is 0.483 e. The van der Waals surface area contributed by atoms with Gasteiger partial charge in [-0.1, -0.05) is 18.2 Å². The van der Waals surface area contributed by atoms with E-state index in [2.05, 4.69) is 22.6 Å². The highest BCUT2D eigenvalue weighted by molar-refractivity contribution is 6.28. The number of alkyl halides is 1. The Morgan fingerprint density at radius 1 is 1.62 bits per heavy atom. The summed E-state index contributed by atoms with van der Waals surface area (Å²) in [5, 5.41) is -0.0903. The Balaban J connectivity index is 0. The molecule has 0 aliphatic heterocycles. The average Bonchev–Trinajstić information content (AvgIpc) is 1.83. The summed E-state index contributed by atoms with van der Waals surface area (Å²) in [6, 6.07) is 0. The van der Waals surface area contributed by atoms with Crippen LogP contribution in [0.25, 0.3) is 0 Å². The van der Waals surface area contributed by atoms with Crippen molar-refractivity contribution >= 4 is 29.2 Å². The van der Waals surface area contributed by atoms with Crippen LogP contribution >= 0.6 is 23.2 Å². The van der Waals surface area contributed by atoms with Crippen LogP contribution in [0.2, 0.25) is 0 Å². The van der Waals surface area contributed by atoms with E-state index in [9.17, 15) is 4.79 Å². The summed E-state index contributed by atoms with van der Waals surface area (Å²) in [7, 11) is 0. The molecule has 0 amide bonds. The highest BCUT2D eigenvalue weighted by Crippen LogP contribution is 1.97. The van der Waals surface area contributed by atoms with E-state index in [4.69, 9.17) is 23.2 Å². The van der Waals surface area contributed by atoms with Crippen molar-refractivity contribution in [2.75, 3.05) is 0 Å². The van der Waals surface area contributed by atoms with Gasteiger partial charge in [0.25, 0.3) is 0 Å². The lowest BCUT2D eigenvalue weighted by atomic mass is 10.8. The molecule has 0 N–H and O–H groups in total. The minimum Gasteiger partial charge on any atom is -0.483 e. The summed E-state index contributed by atoms with van der Waals surface area (Å²) in [6.45, 7) is 9.39. The first-order chi connectivity index (χ1) is 5.90. The van der Waals surface area contributed by atoms with Crippen LogP contribution in [0.15, 0.2) is 24.6 Å². The fourth-order valence-corrected chi connectivity index (χ4v) is 0.470. The first-order valence-corrected chi connectivity index (χ1v) is 4.14. The van der Waals surface area contributed by atoms with Crippen molar-refractivity contribution in [1.82, 2.24) is 0 Å². The Kier molecular flexibility index (Phi) is 10.7. The second kappa shape index (κ2) is 9.42. The highest BCUT2D eigenvalue weighted by atomic mass is 35.5. The maximum atomic E-state index is 9.89. The molecule has 0 bridgehead atoms. The van der Waals surface area contributed by atoms with Crippen LogP contribution in [-0.4, -0.2) is 11.5 Å². The molecular formula is C8H12Cl2O3. The lowest BCUT2D eigenvalue weighted by molar-refractivity contribution is -0.135. The number of rotatable bonds is 3. The second-order valence-electron chi connectivity index (χ2n) is 1.79. The van der Waals surface area contributed by atoms with E-state index in [1.54, 1.807) is 6.92 Å². The summed E-state index contributed by atoms with van der Waals surface area (Å²) in [6.07, 6.45) is 1.32. The first-order valence-electron chi connectivity index (χ1n) is 3.33. The van der Waals surface area contributed by atoms with Crippen LogP contribution in [0, 0.1) is 0 Å². The quantitative estimate of drug-likeness (QED) is 0.422. The molecule has 0 aliphatic rings. The van der Waals surface area contributed by atoms with Gasteiger partial charge in [0.2, 0.25) is 0 Å². The molecule has 76 valence electrons. The third-order valence-corrected chi connectivity index (χ3v) is 0.718. The molecule has 0 aromatic rings. The van der Waals surface area contributed by atoms with Crippen molar-refractivity contribution in [3.8, 4) is 0 Å². The SMILES string of the molecule is C=C(Cl)OC(C)=O.C=COC(C)Cl. The molecule has 13 heavy (non-hydrogen) atoms. The molecule has 0 heterocycles. The number of hydrogen-bond acceptors (Lipinski definition) is 3. The van der Waals surface area contributed by atoms with Gasteiger partial charge in [-0.3, -0.25) is 4.79 Å². The first kappa shape index (κ1) is 14.8. The third kappa shape index (κ3) is 24.6. The molecular weight excluding hydrogens is 215 g/mol. The third-order valence-electron chi connectivity index (χ3n) is 0.538. The fourth-order valence-electron chi connectivity index (χ4n) is 0.289. The number of hydrogen-bond donors (Lipinski definition) is 0. The van der Waals surface area contributed by atoms with Gasteiger partial charge in [0.05, 0.1) is 6.26 Å². The molecule has 0 aromatic carbocycles. The number of carbonyl (C=O) groups excluding carboxylic acids is 1. The topological polar surface area (TPSA) is 35.5 Å². The van der Waals surface area contributed by atoms with Gasteiger partial charge in [-0.25, -0.2) is 0 Å². The van der Waals surface area contributed by atoms with E-state index >= 15 is 0 Å². The molecule has 0 spiro atoms. The zero-order valence-electron chi connectivity index (χ0n) is 7.55. The van der Waals surface area contributed by atoms with E-state index in [0.29, 0.717) is 0 Å².